The van der Waals surface area contributed by atoms with Crippen molar-refractivity contribution in [2.75, 3.05) is 70.5 Å². The number of imidazole rings is 1. The van der Waals surface area contributed by atoms with Crippen LogP contribution in [0.25, 0.3) is 44.0 Å². The molecule has 7 fully saturated rings. The number of phenolic OH excluding ortho intramolecular Hbond substituents is 1. The third-order valence-electron chi connectivity index (χ3n) is 18.9. The maximum absolute atomic E-state index is 17.2. The molecule has 13 rings (SSSR count). The first-order valence-corrected chi connectivity index (χ1v) is 28.3. The quantitative estimate of drug-likeness (QED) is 0.0894. The van der Waals surface area contributed by atoms with E-state index in [1.165, 1.54) is 40.6 Å². The molecule has 9 heterocycles. The number of nitrogens with zero attached hydrogens (tertiary/aromatic N) is 9. The zero-order valence-corrected chi connectivity index (χ0v) is 45.2. The van der Waals surface area contributed by atoms with E-state index in [4.69, 9.17) is 20.9 Å². The molecule has 6 aliphatic heterocycles. The molecule has 18 nitrogen and oxygen atoms in total. The molecular formula is C60H66F2N10O8. The van der Waals surface area contributed by atoms with Gasteiger partial charge in [0.25, 0.3) is 0 Å². The molecule has 0 bridgehead atoms. The number of hydrogen-bond donors (Lipinski definition) is 3. The topological polar surface area (TPSA) is 201 Å². The molecule has 0 radical (unpaired) electrons. The highest BCUT2D eigenvalue weighted by Crippen LogP contribution is 2.53. The number of aromatic nitrogens is 5. The lowest BCUT2D eigenvalue weighted by molar-refractivity contribution is -0.135. The Morgan fingerprint density at radius 3 is 2.51 bits per heavy atom. The van der Waals surface area contributed by atoms with Gasteiger partial charge in [-0.2, -0.15) is 9.97 Å². The predicted octanol–water partition coefficient (Wildman–Crippen LogP) is 6.90. The van der Waals surface area contributed by atoms with Crippen molar-refractivity contribution in [1.29, 1.82) is 0 Å². The Balaban J connectivity index is 0.617. The Hall–Kier alpha value is -7.21. The Morgan fingerprint density at radius 2 is 1.74 bits per heavy atom. The average molecular weight is 1090 g/mol. The van der Waals surface area contributed by atoms with Gasteiger partial charge in [-0.25, -0.2) is 18.4 Å². The molecular weight excluding hydrogens is 1030 g/mol. The molecule has 80 heavy (non-hydrogen) atoms. The van der Waals surface area contributed by atoms with Crippen molar-refractivity contribution < 1.29 is 42.9 Å². The fraction of sp³-hybridized carbons (Fsp3) is 0.517. The predicted molar refractivity (Wildman–Crippen MR) is 294 cm³/mol. The summed E-state index contributed by atoms with van der Waals surface area (Å²) in [7, 11) is 1.74. The summed E-state index contributed by atoms with van der Waals surface area (Å²) < 4.78 is 48.0. The first kappa shape index (κ1) is 52.2. The number of aliphatic hydroxyl groups is 1. The zero-order chi connectivity index (χ0) is 55.4. The minimum absolute atomic E-state index is 0.00527. The molecule has 3 N–H and O–H groups in total. The lowest BCUT2D eigenvalue weighted by Gasteiger charge is -2.59. The monoisotopic (exact) mass is 1090 g/mol. The van der Waals surface area contributed by atoms with Crippen LogP contribution in [0.1, 0.15) is 107 Å². The summed E-state index contributed by atoms with van der Waals surface area (Å²) in [5, 5.41) is 25.2. The number of aromatic hydroxyl groups is 1. The van der Waals surface area contributed by atoms with Crippen molar-refractivity contribution in [3.05, 3.63) is 81.9 Å². The van der Waals surface area contributed by atoms with E-state index in [2.05, 4.69) is 43.1 Å². The molecule has 1 spiro atoms. The molecule has 6 saturated heterocycles. The van der Waals surface area contributed by atoms with Gasteiger partial charge < -0.3 is 34.4 Å². The molecule has 6 aromatic rings. The summed E-state index contributed by atoms with van der Waals surface area (Å²) >= 11 is 0. The van der Waals surface area contributed by atoms with Crippen LogP contribution in [0.3, 0.4) is 0 Å². The van der Waals surface area contributed by atoms with Crippen molar-refractivity contribution >= 4 is 56.4 Å². The summed E-state index contributed by atoms with van der Waals surface area (Å²) in [5.41, 5.74) is 0.962. The molecule has 418 valence electrons. The highest BCUT2D eigenvalue weighted by atomic mass is 19.1. The van der Waals surface area contributed by atoms with E-state index in [1.54, 1.807) is 18.5 Å². The molecule has 7 aliphatic rings. The van der Waals surface area contributed by atoms with Gasteiger partial charge in [-0.1, -0.05) is 18.1 Å². The highest BCUT2D eigenvalue weighted by molar-refractivity contribution is 6.03. The van der Waals surface area contributed by atoms with Gasteiger partial charge in [-0.15, -0.1) is 6.42 Å². The molecule has 3 aromatic heterocycles. The molecule has 1 unspecified atom stereocenters. The summed E-state index contributed by atoms with van der Waals surface area (Å²) in [6.07, 6.45) is 16.4. The van der Waals surface area contributed by atoms with Crippen molar-refractivity contribution in [2.45, 2.75) is 113 Å². The van der Waals surface area contributed by atoms with Crippen LogP contribution < -0.4 is 20.6 Å². The molecule has 1 saturated carbocycles. The van der Waals surface area contributed by atoms with Crippen LogP contribution in [-0.4, -0.2) is 150 Å². The van der Waals surface area contributed by atoms with Crippen LogP contribution in [0.2, 0.25) is 0 Å². The van der Waals surface area contributed by atoms with Crippen LogP contribution >= 0.6 is 0 Å². The number of hydrogen-bond acceptors (Lipinski definition) is 14. The van der Waals surface area contributed by atoms with E-state index >= 15 is 8.78 Å². The van der Waals surface area contributed by atoms with Gasteiger partial charge >= 0.3 is 17.8 Å². The molecule has 1 aliphatic carbocycles. The number of imide groups is 1. The Morgan fingerprint density at radius 1 is 0.938 bits per heavy atom. The Kier molecular flexibility index (Phi) is 12.9. The van der Waals surface area contributed by atoms with Crippen LogP contribution in [0.5, 0.6) is 11.8 Å². The van der Waals surface area contributed by atoms with Gasteiger partial charge in [0.2, 0.25) is 11.8 Å². The average Bonchev–Trinajstić information content (AvgIpc) is 4.19. The number of carbonyl (C=O) groups excluding carboxylic acids is 3. The van der Waals surface area contributed by atoms with E-state index < -0.39 is 29.2 Å². The number of piperidine rings is 3. The number of terminal acetylenes is 1. The standard InChI is InChI=1S/C60H66F2N10O8/c1-4-41-44(61)9-7-38-23-40(73)25-42(49(38)41)51-50(62)52-43(28-63-51)53(69-19-5-16-58(2,78)31-69)66-55(65-52)80-34-60-17-6-20-71(60)39(13-18-60)30-79-57(77)70-32-59(33-70)26-35(27-59)29-68-21-14-36(15-22-68)37-8-10-45-47(24-37)67(3)56(76)72(45)46-11-12-48(74)64-54(46)75/h1,7-10,23-25,28,35-36,39,46,73,78H,5-6,11-22,26-27,29-34H2,2-3H3,(H,64,74,75)/t39-,46?,58+,60-/m0/s1. The lowest BCUT2D eigenvalue weighted by Crippen LogP contribution is -2.65. The molecule has 4 atom stereocenters. The van der Waals surface area contributed by atoms with Crippen molar-refractivity contribution in [3.63, 3.8) is 0 Å². The summed E-state index contributed by atoms with van der Waals surface area (Å²) in [6, 6.07) is 10.8. The first-order chi connectivity index (χ1) is 38.5. The molecule has 3 aromatic carbocycles. The van der Waals surface area contributed by atoms with E-state index in [9.17, 15) is 29.4 Å². The van der Waals surface area contributed by atoms with Gasteiger partial charge in [-0.05, 0) is 150 Å². The van der Waals surface area contributed by atoms with E-state index in [0.29, 0.717) is 72.8 Å². The number of phenols is 1. The van der Waals surface area contributed by atoms with E-state index in [0.717, 1.165) is 83.1 Å². The second-order valence-corrected chi connectivity index (χ2v) is 24.4. The van der Waals surface area contributed by atoms with Gasteiger partial charge in [0.15, 0.2) is 5.82 Å². The summed E-state index contributed by atoms with van der Waals surface area (Å²) in [6.45, 7) is 8.31. The van der Waals surface area contributed by atoms with Gasteiger partial charge in [0.1, 0.15) is 47.9 Å². The van der Waals surface area contributed by atoms with Crippen LogP contribution in [0.15, 0.2) is 53.5 Å². The second kappa shape index (κ2) is 19.8. The number of anilines is 1. The Labute approximate surface area is 461 Å². The summed E-state index contributed by atoms with van der Waals surface area (Å²) in [5.74, 6) is 1.30. The number of β-amino-alcohol motifs (C(OH)–C–C–N with tert-alkyl or cyclic N) is 1. The number of halogens is 2. The summed E-state index contributed by atoms with van der Waals surface area (Å²) in [4.78, 5) is 74.1. The number of aryl methyl sites for hydroxylation is 1. The number of pyridine rings is 1. The minimum atomic E-state index is -1.02. The number of amides is 3. The minimum Gasteiger partial charge on any atom is -0.508 e. The number of benzene rings is 3. The van der Waals surface area contributed by atoms with Crippen molar-refractivity contribution in [1.82, 2.24) is 44.1 Å². The smallest absolute Gasteiger partial charge is 0.409 e. The lowest BCUT2D eigenvalue weighted by atomic mass is 9.57. The first-order valence-electron chi connectivity index (χ1n) is 28.3. The van der Waals surface area contributed by atoms with E-state index in [-0.39, 0.29) is 100 Å². The normalized spacial score (nSPS) is 25.5. The van der Waals surface area contributed by atoms with Gasteiger partial charge in [-0.3, -0.25) is 33.9 Å². The maximum Gasteiger partial charge on any atom is 0.409 e. The number of nitrogens with one attached hydrogen (secondary N) is 1. The number of ether oxygens (including phenoxy) is 2. The number of rotatable bonds is 11. The van der Waals surface area contributed by atoms with Crippen molar-refractivity contribution in [2.24, 2.45) is 18.4 Å². The van der Waals surface area contributed by atoms with Crippen LogP contribution in [0, 0.1) is 35.3 Å². The largest absolute Gasteiger partial charge is 0.508 e. The van der Waals surface area contributed by atoms with Gasteiger partial charge in [0.05, 0.1) is 33.1 Å². The van der Waals surface area contributed by atoms with Crippen molar-refractivity contribution in [3.8, 4) is 35.4 Å². The number of likely N-dealkylation sites (tertiary alicyclic amines) is 2. The highest BCUT2D eigenvalue weighted by Gasteiger charge is 2.55. The third-order valence-corrected chi connectivity index (χ3v) is 18.9. The number of fused-ring (bicyclic) bond motifs is 4. The van der Waals surface area contributed by atoms with Crippen LogP contribution in [-0.2, 0) is 21.4 Å². The zero-order valence-electron chi connectivity index (χ0n) is 45.2. The Bertz CT molecular complexity index is 3630. The van der Waals surface area contributed by atoms with Crippen LogP contribution in [0.4, 0.5) is 19.4 Å². The molecule has 3 amide bonds. The van der Waals surface area contributed by atoms with Gasteiger partial charge in [0, 0.05) is 74.8 Å². The maximum atomic E-state index is 17.2. The SMILES string of the molecule is C#Cc1c(F)ccc2cc(O)cc(-c3ncc4c(N5CCC[C@@](C)(O)C5)nc(OC[C@@]56CCCN5[C@H](COC(=O)N5CC7(CC(CN8CCC(c9ccc%10c(c9)n(C)c(=O)n%10C9CCC(=O)NC9=O)CC8)C7)C5)CC6)nc4c3F)c12. The fourth-order valence-corrected chi connectivity index (χ4v) is 15.0. The number of carbonyl (C=O) groups is 3. The third kappa shape index (κ3) is 9.09. The molecule has 20 heteroatoms. The van der Waals surface area contributed by atoms with E-state index in [1.807, 2.05) is 15.9 Å². The second-order valence-electron chi connectivity index (χ2n) is 24.4. The fourth-order valence-electron chi connectivity index (χ4n) is 15.0.